The molecule has 1 amide bonds. The maximum absolute atomic E-state index is 12.5. The van der Waals surface area contributed by atoms with Gasteiger partial charge in [0.15, 0.2) is 0 Å². The Labute approximate surface area is 153 Å². The summed E-state index contributed by atoms with van der Waals surface area (Å²) in [6, 6.07) is 6.71. The smallest absolute Gasteiger partial charge is 0.274 e. The third-order valence-electron chi connectivity index (χ3n) is 3.57. The van der Waals surface area contributed by atoms with E-state index in [1.807, 2.05) is 0 Å². The van der Waals surface area contributed by atoms with E-state index in [2.05, 4.69) is 27.5 Å². The topological polar surface area (TPSA) is 76.1 Å². The molecule has 6 nitrogen and oxygen atoms in total. The summed E-state index contributed by atoms with van der Waals surface area (Å²) >= 11 is 6.08. The van der Waals surface area contributed by atoms with E-state index in [0.29, 0.717) is 33.8 Å². The lowest BCUT2D eigenvalue weighted by Crippen LogP contribution is -2.16. The molecular formula is C18H23ClN4O2. The molecular weight excluding hydrogens is 340 g/mol. The van der Waals surface area contributed by atoms with Gasteiger partial charge in [-0.05, 0) is 31.5 Å². The maximum Gasteiger partial charge on any atom is 0.274 e. The number of benzene rings is 1. The predicted molar refractivity (Wildman–Crippen MR) is 101 cm³/mol. The Morgan fingerprint density at radius 1 is 1.24 bits per heavy atom. The number of aromatic nitrogens is 2. The number of ether oxygens (including phenoxy) is 1. The number of methoxy groups -OCH3 is 1. The molecule has 1 aromatic carbocycles. The van der Waals surface area contributed by atoms with Crippen molar-refractivity contribution in [1.29, 1.82) is 0 Å². The number of unbranched alkanes of at least 4 members (excludes halogenated alkanes) is 2. The van der Waals surface area contributed by atoms with Crippen molar-refractivity contribution in [3.05, 3.63) is 40.8 Å². The first kappa shape index (κ1) is 19.0. The van der Waals surface area contributed by atoms with Crippen LogP contribution in [0.5, 0.6) is 5.75 Å². The predicted octanol–water partition coefficient (Wildman–Crippen LogP) is 4.30. The van der Waals surface area contributed by atoms with Crippen LogP contribution in [-0.2, 0) is 0 Å². The van der Waals surface area contributed by atoms with Crippen LogP contribution in [0.15, 0.2) is 24.3 Å². The lowest BCUT2D eigenvalue weighted by Gasteiger charge is -2.10. The molecule has 0 aliphatic rings. The number of anilines is 2. The van der Waals surface area contributed by atoms with E-state index < -0.39 is 0 Å². The molecule has 0 saturated carbocycles. The Morgan fingerprint density at radius 3 is 2.72 bits per heavy atom. The van der Waals surface area contributed by atoms with Gasteiger partial charge in [-0.1, -0.05) is 31.4 Å². The summed E-state index contributed by atoms with van der Waals surface area (Å²) in [6.07, 6.45) is 3.37. The number of carbonyl (C=O) groups excluding carboxylic acids is 1. The number of carbonyl (C=O) groups is 1. The summed E-state index contributed by atoms with van der Waals surface area (Å²) in [5, 5.41) is 6.45. The molecule has 1 heterocycles. The van der Waals surface area contributed by atoms with E-state index in [9.17, 15) is 4.79 Å². The van der Waals surface area contributed by atoms with Gasteiger partial charge in [-0.15, -0.1) is 0 Å². The molecule has 0 radical (unpaired) electrons. The van der Waals surface area contributed by atoms with Crippen molar-refractivity contribution in [2.24, 2.45) is 0 Å². The van der Waals surface area contributed by atoms with E-state index in [1.54, 1.807) is 31.2 Å². The summed E-state index contributed by atoms with van der Waals surface area (Å²) in [4.78, 5) is 21.0. The SMILES string of the molecule is CCCCCNc1cc(C(=O)Nc2ccc(OC)c(Cl)c2)nc(C)n1. The van der Waals surface area contributed by atoms with Crippen LogP contribution in [0.4, 0.5) is 11.5 Å². The molecule has 1 aromatic heterocycles. The Balaban J connectivity index is 2.08. The fourth-order valence-corrected chi connectivity index (χ4v) is 2.56. The minimum Gasteiger partial charge on any atom is -0.495 e. The zero-order valence-electron chi connectivity index (χ0n) is 14.7. The number of aryl methyl sites for hydroxylation is 1. The molecule has 0 atom stereocenters. The number of halogens is 1. The van der Waals surface area contributed by atoms with Gasteiger partial charge in [-0.3, -0.25) is 4.79 Å². The number of rotatable bonds is 8. The number of nitrogens with zero attached hydrogens (tertiary/aromatic N) is 2. The highest BCUT2D eigenvalue weighted by Gasteiger charge is 2.12. The molecule has 7 heteroatoms. The highest BCUT2D eigenvalue weighted by Crippen LogP contribution is 2.27. The first-order valence-electron chi connectivity index (χ1n) is 8.28. The quantitative estimate of drug-likeness (QED) is 0.684. The Morgan fingerprint density at radius 2 is 2.04 bits per heavy atom. The van der Waals surface area contributed by atoms with E-state index in [4.69, 9.17) is 16.3 Å². The van der Waals surface area contributed by atoms with Gasteiger partial charge in [0.25, 0.3) is 5.91 Å². The van der Waals surface area contributed by atoms with Gasteiger partial charge in [0.05, 0.1) is 12.1 Å². The van der Waals surface area contributed by atoms with Crippen LogP contribution >= 0.6 is 11.6 Å². The van der Waals surface area contributed by atoms with Crippen LogP contribution in [0, 0.1) is 6.92 Å². The Bertz CT molecular complexity index is 737. The number of hydrogen-bond acceptors (Lipinski definition) is 5. The molecule has 2 aromatic rings. The molecule has 2 rings (SSSR count). The van der Waals surface area contributed by atoms with Crippen LogP contribution in [0.2, 0.25) is 5.02 Å². The van der Waals surface area contributed by atoms with Crippen molar-refractivity contribution < 1.29 is 9.53 Å². The summed E-state index contributed by atoms with van der Waals surface area (Å²) < 4.78 is 5.10. The maximum atomic E-state index is 12.5. The van der Waals surface area contributed by atoms with Crippen LogP contribution in [0.1, 0.15) is 42.5 Å². The second-order valence-corrected chi connectivity index (χ2v) is 6.03. The molecule has 134 valence electrons. The summed E-state index contributed by atoms with van der Waals surface area (Å²) in [5.74, 6) is 1.43. The first-order chi connectivity index (χ1) is 12.0. The standard InChI is InChI=1S/C18H23ClN4O2/c1-4-5-6-9-20-17-11-15(21-12(2)22-17)18(24)23-13-7-8-16(25-3)14(19)10-13/h7-8,10-11H,4-6,9H2,1-3H3,(H,23,24)(H,20,21,22). The number of amides is 1. The van der Waals surface area contributed by atoms with Crippen molar-refractivity contribution in [1.82, 2.24) is 9.97 Å². The van der Waals surface area contributed by atoms with Crippen molar-refractivity contribution in [3.63, 3.8) is 0 Å². The lowest BCUT2D eigenvalue weighted by molar-refractivity contribution is 0.102. The molecule has 0 unspecified atom stereocenters. The number of hydrogen-bond donors (Lipinski definition) is 2. The average molecular weight is 363 g/mol. The van der Waals surface area contributed by atoms with Gasteiger partial charge in [0.2, 0.25) is 0 Å². The minimum atomic E-state index is -0.316. The fourth-order valence-electron chi connectivity index (χ4n) is 2.31. The molecule has 2 N–H and O–H groups in total. The second kappa shape index (κ2) is 9.22. The van der Waals surface area contributed by atoms with E-state index in [-0.39, 0.29) is 5.91 Å². The molecule has 0 fully saturated rings. The molecule has 0 aliphatic heterocycles. The van der Waals surface area contributed by atoms with Gasteiger partial charge in [0.1, 0.15) is 23.1 Å². The zero-order valence-corrected chi connectivity index (χ0v) is 15.5. The van der Waals surface area contributed by atoms with Gasteiger partial charge in [-0.2, -0.15) is 0 Å². The highest BCUT2D eigenvalue weighted by atomic mass is 35.5. The molecule has 25 heavy (non-hydrogen) atoms. The summed E-state index contributed by atoms with van der Waals surface area (Å²) in [6.45, 7) is 4.74. The van der Waals surface area contributed by atoms with Crippen LogP contribution in [-0.4, -0.2) is 29.5 Å². The third kappa shape index (κ3) is 5.60. The van der Waals surface area contributed by atoms with Crippen molar-refractivity contribution in [2.75, 3.05) is 24.3 Å². The van der Waals surface area contributed by atoms with Crippen molar-refractivity contribution in [2.45, 2.75) is 33.1 Å². The number of nitrogens with one attached hydrogen (secondary N) is 2. The van der Waals surface area contributed by atoms with Crippen LogP contribution < -0.4 is 15.4 Å². The fraction of sp³-hybridized carbons (Fsp3) is 0.389. The lowest BCUT2D eigenvalue weighted by atomic mass is 10.2. The Kier molecular flexibility index (Phi) is 7.01. The van der Waals surface area contributed by atoms with Crippen molar-refractivity contribution in [3.8, 4) is 5.75 Å². The summed E-state index contributed by atoms with van der Waals surface area (Å²) in [5.41, 5.74) is 0.877. The van der Waals surface area contributed by atoms with Crippen LogP contribution in [0.25, 0.3) is 0 Å². The van der Waals surface area contributed by atoms with Gasteiger partial charge in [-0.25, -0.2) is 9.97 Å². The van der Waals surface area contributed by atoms with Gasteiger partial charge < -0.3 is 15.4 Å². The zero-order chi connectivity index (χ0) is 18.2. The van der Waals surface area contributed by atoms with Gasteiger partial charge >= 0.3 is 0 Å². The minimum absolute atomic E-state index is 0.303. The van der Waals surface area contributed by atoms with E-state index in [1.165, 1.54) is 7.11 Å². The Hall–Kier alpha value is -2.34. The van der Waals surface area contributed by atoms with Crippen molar-refractivity contribution >= 4 is 29.0 Å². The molecule has 0 spiro atoms. The highest BCUT2D eigenvalue weighted by molar-refractivity contribution is 6.32. The second-order valence-electron chi connectivity index (χ2n) is 5.62. The normalized spacial score (nSPS) is 10.4. The summed E-state index contributed by atoms with van der Waals surface area (Å²) in [7, 11) is 1.54. The molecule has 0 saturated heterocycles. The molecule has 0 aliphatic carbocycles. The average Bonchev–Trinajstić information content (AvgIpc) is 2.58. The van der Waals surface area contributed by atoms with E-state index in [0.717, 1.165) is 25.8 Å². The molecule has 0 bridgehead atoms. The third-order valence-corrected chi connectivity index (χ3v) is 3.86. The van der Waals surface area contributed by atoms with Gasteiger partial charge in [0, 0.05) is 18.3 Å². The monoisotopic (exact) mass is 362 g/mol. The largest absolute Gasteiger partial charge is 0.495 e. The van der Waals surface area contributed by atoms with E-state index >= 15 is 0 Å². The first-order valence-corrected chi connectivity index (χ1v) is 8.65. The van der Waals surface area contributed by atoms with Crippen LogP contribution in [0.3, 0.4) is 0 Å².